The number of benzene rings is 1. The van der Waals surface area contributed by atoms with Crippen molar-refractivity contribution in [2.45, 2.75) is 67.9 Å². The van der Waals surface area contributed by atoms with Crippen LogP contribution in [0.5, 0.6) is 5.88 Å². The van der Waals surface area contributed by atoms with Gasteiger partial charge in [0.25, 0.3) is 0 Å². The Balaban J connectivity index is 1.11. The van der Waals surface area contributed by atoms with E-state index in [0.29, 0.717) is 29.8 Å². The van der Waals surface area contributed by atoms with Crippen molar-refractivity contribution >= 4 is 10.0 Å². The summed E-state index contributed by atoms with van der Waals surface area (Å²) in [6.45, 7) is 2.59. The molecule has 170 valence electrons. The molecular weight excluding hydrogens is 424 g/mol. The van der Waals surface area contributed by atoms with Gasteiger partial charge in [-0.3, -0.25) is 9.88 Å². The quantitative estimate of drug-likeness (QED) is 0.692. The van der Waals surface area contributed by atoms with E-state index < -0.39 is 10.0 Å². The van der Waals surface area contributed by atoms with Gasteiger partial charge in [-0.05, 0) is 61.8 Å². The maximum absolute atomic E-state index is 13.4. The molecule has 2 atom stereocenters. The predicted molar refractivity (Wildman–Crippen MR) is 120 cm³/mol. The number of hydrogen-bond acceptors (Lipinski definition) is 6. The van der Waals surface area contributed by atoms with Crippen LogP contribution in [0, 0.1) is 0 Å². The van der Waals surface area contributed by atoms with Gasteiger partial charge in [0.15, 0.2) is 0 Å². The Bertz CT molecular complexity index is 1100. The van der Waals surface area contributed by atoms with E-state index in [-0.39, 0.29) is 12.1 Å². The van der Waals surface area contributed by atoms with Crippen LogP contribution in [0.25, 0.3) is 0 Å². The summed E-state index contributed by atoms with van der Waals surface area (Å²) in [5.74, 6) is 1.15. The normalized spacial score (nSPS) is 26.5. The van der Waals surface area contributed by atoms with E-state index in [4.69, 9.17) is 4.74 Å². The standard InChI is InChI=1S/C24H30N4O3S/c29-32(30,22-8-7-17-3-1-2-4-19(17)11-22)28-10-9-27-16-21(12-20(27)15-28)31-24-14-25-23(13-26-24)18-5-6-18/h7-8,11,13-14,18,20-21H,1-6,9-10,12,15-16H2/t20-,21+/m0/s1. The number of nitrogens with zero attached hydrogens (tertiary/aromatic N) is 4. The monoisotopic (exact) mass is 454 g/mol. The third-order valence-corrected chi connectivity index (χ3v) is 9.29. The molecule has 8 heteroatoms. The van der Waals surface area contributed by atoms with E-state index in [1.54, 1.807) is 16.6 Å². The van der Waals surface area contributed by atoms with Crippen molar-refractivity contribution in [2.24, 2.45) is 0 Å². The van der Waals surface area contributed by atoms with Gasteiger partial charge in [-0.15, -0.1) is 0 Å². The van der Waals surface area contributed by atoms with Crippen molar-refractivity contribution in [2.75, 3.05) is 26.2 Å². The van der Waals surface area contributed by atoms with Gasteiger partial charge in [0, 0.05) is 44.6 Å². The lowest BCUT2D eigenvalue weighted by molar-refractivity contribution is 0.151. The molecule has 2 aliphatic carbocycles. The van der Waals surface area contributed by atoms with Gasteiger partial charge < -0.3 is 4.74 Å². The zero-order valence-corrected chi connectivity index (χ0v) is 19.1. The maximum Gasteiger partial charge on any atom is 0.243 e. The average molecular weight is 455 g/mol. The van der Waals surface area contributed by atoms with Crippen molar-refractivity contribution in [1.82, 2.24) is 19.2 Å². The number of aryl methyl sites for hydroxylation is 2. The molecule has 7 nitrogen and oxygen atoms in total. The molecule has 0 N–H and O–H groups in total. The lowest BCUT2D eigenvalue weighted by Gasteiger charge is -2.36. The number of sulfonamides is 1. The highest BCUT2D eigenvalue weighted by atomic mass is 32.2. The van der Waals surface area contributed by atoms with Crippen molar-refractivity contribution in [3.8, 4) is 5.88 Å². The fourth-order valence-corrected chi connectivity index (χ4v) is 6.96. The molecule has 0 spiro atoms. The number of rotatable bonds is 5. The molecular formula is C24H30N4O3S. The highest BCUT2D eigenvalue weighted by Gasteiger charge is 2.41. The van der Waals surface area contributed by atoms with Crippen LogP contribution in [-0.4, -0.2) is 65.9 Å². The fraction of sp³-hybridized carbons (Fsp3) is 0.583. The minimum Gasteiger partial charge on any atom is -0.472 e. The predicted octanol–water partition coefficient (Wildman–Crippen LogP) is 2.76. The van der Waals surface area contributed by atoms with Crippen LogP contribution in [0.4, 0.5) is 0 Å². The molecule has 1 aromatic carbocycles. The molecule has 4 aliphatic rings. The Kier molecular flexibility index (Phi) is 5.19. The first-order valence-corrected chi connectivity index (χ1v) is 13.3. The Morgan fingerprint density at radius 1 is 0.969 bits per heavy atom. The average Bonchev–Trinajstić information content (AvgIpc) is 3.58. The molecule has 2 saturated heterocycles. The van der Waals surface area contributed by atoms with E-state index in [1.807, 2.05) is 18.3 Å². The zero-order valence-electron chi connectivity index (χ0n) is 18.3. The van der Waals surface area contributed by atoms with Gasteiger partial charge in [0.2, 0.25) is 15.9 Å². The lowest BCUT2D eigenvalue weighted by Crippen LogP contribution is -2.51. The molecule has 0 radical (unpaired) electrons. The van der Waals surface area contributed by atoms with E-state index in [9.17, 15) is 8.42 Å². The smallest absolute Gasteiger partial charge is 0.243 e. The number of aromatic nitrogens is 2. The molecule has 6 rings (SSSR count). The molecule has 0 unspecified atom stereocenters. The summed E-state index contributed by atoms with van der Waals surface area (Å²) in [6.07, 6.45) is 11.2. The Morgan fingerprint density at radius 2 is 1.81 bits per heavy atom. The van der Waals surface area contributed by atoms with Gasteiger partial charge in [0.05, 0.1) is 23.0 Å². The molecule has 3 fully saturated rings. The van der Waals surface area contributed by atoms with E-state index >= 15 is 0 Å². The molecule has 1 saturated carbocycles. The van der Waals surface area contributed by atoms with Crippen molar-refractivity contribution in [3.05, 3.63) is 47.4 Å². The summed E-state index contributed by atoms with van der Waals surface area (Å²) in [7, 11) is -3.47. The highest BCUT2D eigenvalue weighted by molar-refractivity contribution is 7.89. The fourth-order valence-electron chi connectivity index (χ4n) is 5.44. The van der Waals surface area contributed by atoms with Crippen LogP contribution in [0.1, 0.15) is 54.8 Å². The maximum atomic E-state index is 13.4. The summed E-state index contributed by atoms with van der Waals surface area (Å²) in [4.78, 5) is 11.7. The lowest BCUT2D eigenvalue weighted by atomic mass is 9.92. The first kappa shape index (κ1) is 20.6. The topological polar surface area (TPSA) is 75.6 Å². The number of ether oxygens (including phenoxy) is 1. The van der Waals surface area contributed by atoms with Gasteiger partial charge in [0.1, 0.15) is 6.10 Å². The first-order chi connectivity index (χ1) is 15.6. The molecule has 2 aliphatic heterocycles. The van der Waals surface area contributed by atoms with Crippen LogP contribution >= 0.6 is 0 Å². The van der Waals surface area contributed by atoms with Crippen LogP contribution < -0.4 is 4.74 Å². The van der Waals surface area contributed by atoms with Crippen LogP contribution in [0.2, 0.25) is 0 Å². The Hall–Kier alpha value is -2.03. The Labute approximate surface area is 189 Å². The second-order valence-corrected chi connectivity index (χ2v) is 11.6. The largest absolute Gasteiger partial charge is 0.472 e. The first-order valence-electron chi connectivity index (χ1n) is 11.9. The summed E-state index contributed by atoms with van der Waals surface area (Å²) in [5, 5.41) is 0. The minimum atomic E-state index is -3.47. The summed E-state index contributed by atoms with van der Waals surface area (Å²) >= 11 is 0. The number of fused-ring (bicyclic) bond motifs is 2. The van der Waals surface area contributed by atoms with Gasteiger partial charge in [-0.2, -0.15) is 4.31 Å². The van der Waals surface area contributed by atoms with Gasteiger partial charge in [-0.1, -0.05) is 6.07 Å². The molecule has 1 aromatic heterocycles. The molecule has 0 bridgehead atoms. The highest BCUT2D eigenvalue weighted by Crippen LogP contribution is 2.38. The number of hydrogen-bond donors (Lipinski definition) is 0. The minimum absolute atomic E-state index is 0.0208. The summed E-state index contributed by atoms with van der Waals surface area (Å²) < 4.78 is 34.5. The molecule has 0 amide bonds. The van der Waals surface area contributed by atoms with E-state index in [2.05, 4.69) is 14.9 Å². The zero-order chi connectivity index (χ0) is 21.7. The summed E-state index contributed by atoms with van der Waals surface area (Å²) in [6, 6.07) is 5.92. The van der Waals surface area contributed by atoms with Crippen molar-refractivity contribution in [1.29, 1.82) is 0 Å². The molecule has 2 aromatic rings. The van der Waals surface area contributed by atoms with E-state index in [0.717, 1.165) is 44.5 Å². The third kappa shape index (κ3) is 3.93. The summed E-state index contributed by atoms with van der Waals surface area (Å²) in [5.41, 5.74) is 3.58. The molecule has 3 heterocycles. The number of piperazine rings is 1. The third-order valence-electron chi connectivity index (χ3n) is 7.43. The Morgan fingerprint density at radius 3 is 2.59 bits per heavy atom. The second-order valence-electron chi connectivity index (χ2n) is 9.68. The molecule has 32 heavy (non-hydrogen) atoms. The van der Waals surface area contributed by atoms with Crippen LogP contribution in [0.3, 0.4) is 0 Å². The van der Waals surface area contributed by atoms with Gasteiger partial charge >= 0.3 is 0 Å². The van der Waals surface area contributed by atoms with Crippen molar-refractivity contribution < 1.29 is 13.2 Å². The van der Waals surface area contributed by atoms with Crippen LogP contribution in [-0.2, 0) is 22.9 Å². The van der Waals surface area contributed by atoms with E-state index in [1.165, 1.54) is 30.4 Å². The second kappa shape index (κ2) is 8.08. The van der Waals surface area contributed by atoms with Crippen LogP contribution in [0.15, 0.2) is 35.5 Å². The van der Waals surface area contributed by atoms with Gasteiger partial charge in [-0.25, -0.2) is 13.4 Å². The van der Waals surface area contributed by atoms with Crippen molar-refractivity contribution in [3.63, 3.8) is 0 Å². The SMILES string of the molecule is O=S(=O)(c1ccc2c(c1)CCCC2)N1CCN2C[C@H](Oc3cnc(C4CC4)cn3)C[C@H]2C1.